The van der Waals surface area contributed by atoms with Gasteiger partial charge >= 0.3 is 0 Å². The molecule has 0 aliphatic carbocycles. The Bertz CT molecular complexity index is 250. The van der Waals surface area contributed by atoms with Crippen LogP contribution in [0.3, 0.4) is 0 Å². The summed E-state index contributed by atoms with van der Waals surface area (Å²) in [5, 5.41) is 7.24. The molecular formula is C11H18N2. The zero-order valence-electron chi connectivity index (χ0n) is 8.34. The highest BCUT2D eigenvalue weighted by molar-refractivity contribution is 5.11. The van der Waals surface area contributed by atoms with E-state index in [1.165, 1.54) is 25.0 Å². The molecule has 0 aliphatic heterocycles. The Morgan fingerprint density at radius 1 is 1.54 bits per heavy atom. The molecule has 1 rings (SSSR count). The van der Waals surface area contributed by atoms with Gasteiger partial charge in [0, 0.05) is 12.1 Å². The molecule has 2 nitrogen and oxygen atoms in total. The van der Waals surface area contributed by atoms with Crippen molar-refractivity contribution in [2.45, 2.75) is 39.0 Å². The molecule has 0 amide bonds. The molecule has 0 aliphatic rings. The molecule has 0 aromatic carbocycles. The summed E-state index contributed by atoms with van der Waals surface area (Å²) in [5.74, 6) is 0. The van der Waals surface area contributed by atoms with Crippen molar-refractivity contribution < 1.29 is 0 Å². The number of hydrogen-bond donors (Lipinski definition) is 1. The van der Waals surface area contributed by atoms with Crippen molar-refractivity contribution in [2.24, 2.45) is 0 Å². The highest BCUT2D eigenvalue weighted by atomic mass is 15.1. The largest absolute Gasteiger partial charge is 0.282 e. The predicted molar refractivity (Wildman–Crippen MR) is 55.7 cm³/mol. The van der Waals surface area contributed by atoms with Crippen molar-refractivity contribution in [3.63, 3.8) is 0 Å². The minimum Gasteiger partial charge on any atom is -0.282 e. The highest BCUT2D eigenvalue weighted by Crippen LogP contribution is 2.06. The van der Waals surface area contributed by atoms with Crippen molar-refractivity contribution in [1.29, 1.82) is 0 Å². The van der Waals surface area contributed by atoms with Gasteiger partial charge in [-0.25, -0.2) is 0 Å². The number of hydrogen-bond acceptors (Lipinski definition) is 1. The van der Waals surface area contributed by atoms with E-state index in [1.807, 2.05) is 6.08 Å². The van der Waals surface area contributed by atoms with Crippen molar-refractivity contribution >= 4 is 0 Å². The number of aromatic nitrogens is 2. The monoisotopic (exact) mass is 178 g/mol. The van der Waals surface area contributed by atoms with Crippen LogP contribution in [0.5, 0.6) is 0 Å². The van der Waals surface area contributed by atoms with E-state index in [0.717, 1.165) is 18.5 Å². The third-order valence-electron chi connectivity index (χ3n) is 2.09. The second-order valence-electron chi connectivity index (χ2n) is 3.33. The lowest BCUT2D eigenvalue weighted by atomic mass is 10.1. The quantitative estimate of drug-likeness (QED) is 0.526. The summed E-state index contributed by atoms with van der Waals surface area (Å²) in [6, 6.07) is 2.14. The Balaban J connectivity index is 2.35. The van der Waals surface area contributed by atoms with E-state index in [-0.39, 0.29) is 0 Å². The molecule has 0 bridgehead atoms. The van der Waals surface area contributed by atoms with Crippen LogP contribution < -0.4 is 0 Å². The fraction of sp³-hybridized carbons (Fsp3) is 0.545. The summed E-state index contributed by atoms with van der Waals surface area (Å²) in [5.41, 5.74) is 2.35. The van der Waals surface area contributed by atoms with Crippen LogP contribution in [0, 0.1) is 0 Å². The van der Waals surface area contributed by atoms with Crippen molar-refractivity contribution in [1.82, 2.24) is 10.2 Å². The van der Waals surface area contributed by atoms with Crippen LogP contribution >= 0.6 is 0 Å². The minimum absolute atomic E-state index is 0.865. The van der Waals surface area contributed by atoms with Crippen LogP contribution in [0.4, 0.5) is 0 Å². The number of H-pyrrole nitrogens is 1. The first-order chi connectivity index (χ1) is 6.36. The van der Waals surface area contributed by atoms with Gasteiger partial charge in [-0.3, -0.25) is 5.10 Å². The molecule has 2 heteroatoms. The first kappa shape index (κ1) is 10.0. The number of aromatic amines is 1. The van der Waals surface area contributed by atoms with Gasteiger partial charge in [0.2, 0.25) is 0 Å². The lowest BCUT2D eigenvalue weighted by Gasteiger charge is -1.93. The zero-order chi connectivity index (χ0) is 9.52. The molecule has 1 aromatic heterocycles. The molecule has 1 heterocycles. The first-order valence-electron chi connectivity index (χ1n) is 5.01. The second-order valence-corrected chi connectivity index (χ2v) is 3.33. The average Bonchev–Trinajstić information content (AvgIpc) is 2.54. The average molecular weight is 178 g/mol. The number of aryl methyl sites for hydroxylation is 1. The maximum Gasteiger partial charge on any atom is 0.0662 e. The fourth-order valence-electron chi connectivity index (χ4n) is 1.36. The summed E-state index contributed by atoms with van der Waals surface area (Å²) in [6.07, 6.45) is 7.70. The maximum atomic E-state index is 4.19. The molecule has 1 N–H and O–H groups in total. The topological polar surface area (TPSA) is 28.7 Å². The Kier molecular flexibility index (Phi) is 4.30. The number of nitrogens with one attached hydrogen (secondary N) is 1. The Morgan fingerprint density at radius 2 is 2.38 bits per heavy atom. The summed E-state index contributed by atoms with van der Waals surface area (Å²) in [7, 11) is 0. The van der Waals surface area contributed by atoms with Crippen molar-refractivity contribution in [3.8, 4) is 0 Å². The molecule has 13 heavy (non-hydrogen) atoms. The molecule has 0 unspecified atom stereocenters. The van der Waals surface area contributed by atoms with Crippen LogP contribution in [0.1, 0.15) is 37.6 Å². The number of unbranched alkanes of at least 4 members (excludes halogenated alkanes) is 2. The number of nitrogens with zero attached hydrogens (tertiary/aromatic N) is 1. The standard InChI is InChI=1S/C11H18N2/c1-3-5-6-8-11-9-10(7-4-2)12-13-11/h4,9H,2-3,5-8H2,1H3,(H,12,13). The van der Waals surface area contributed by atoms with Gasteiger partial charge in [0.05, 0.1) is 5.69 Å². The van der Waals surface area contributed by atoms with Gasteiger partial charge in [0.15, 0.2) is 0 Å². The summed E-state index contributed by atoms with van der Waals surface area (Å²) in [6.45, 7) is 5.91. The molecule has 0 atom stereocenters. The Labute approximate surface area is 80.1 Å². The van der Waals surface area contributed by atoms with E-state index in [1.54, 1.807) is 0 Å². The Morgan fingerprint density at radius 3 is 3.08 bits per heavy atom. The third kappa shape index (κ3) is 3.45. The summed E-state index contributed by atoms with van der Waals surface area (Å²) < 4.78 is 0. The maximum absolute atomic E-state index is 4.19. The van der Waals surface area contributed by atoms with Crippen LogP contribution in [0.15, 0.2) is 18.7 Å². The van der Waals surface area contributed by atoms with Gasteiger partial charge in [-0.1, -0.05) is 25.8 Å². The van der Waals surface area contributed by atoms with E-state index < -0.39 is 0 Å². The number of allylic oxidation sites excluding steroid dienone is 1. The van der Waals surface area contributed by atoms with E-state index in [4.69, 9.17) is 0 Å². The van der Waals surface area contributed by atoms with E-state index in [0.29, 0.717) is 0 Å². The minimum atomic E-state index is 0.865. The van der Waals surface area contributed by atoms with Gasteiger partial charge in [-0.2, -0.15) is 5.10 Å². The molecule has 0 saturated heterocycles. The normalized spacial score (nSPS) is 10.2. The van der Waals surface area contributed by atoms with E-state index >= 15 is 0 Å². The van der Waals surface area contributed by atoms with Crippen molar-refractivity contribution in [2.75, 3.05) is 0 Å². The lowest BCUT2D eigenvalue weighted by molar-refractivity contribution is 0.705. The molecular weight excluding hydrogens is 160 g/mol. The lowest BCUT2D eigenvalue weighted by Crippen LogP contribution is -1.84. The Hall–Kier alpha value is -1.05. The summed E-state index contributed by atoms with van der Waals surface area (Å²) in [4.78, 5) is 0. The highest BCUT2D eigenvalue weighted by Gasteiger charge is 1.98. The van der Waals surface area contributed by atoms with Crippen LogP contribution in [0.25, 0.3) is 0 Å². The molecule has 0 fully saturated rings. The van der Waals surface area contributed by atoms with Crippen LogP contribution in [0.2, 0.25) is 0 Å². The molecule has 1 aromatic rings. The first-order valence-corrected chi connectivity index (χ1v) is 5.01. The van der Waals surface area contributed by atoms with Gasteiger partial charge in [0.25, 0.3) is 0 Å². The smallest absolute Gasteiger partial charge is 0.0662 e. The SMILES string of the molecule is C=CCc1cc(CCCCC)[nH]n1. The molecule has 0 saturated carbocycles. The second kappa shape index (κ2) is 5.57. The zero-order valence-corrected chi connectivity index (χ0v) is 8.34. The van der Waals surface area contributed by atoms with E-state index in [9.17, 15) is 0 Å². The van der Waals surface area contributed by atoms with Crippen LogP contribution in [-0.4, -0.2) is 10.2 Å². The van der Waals surface area contributed by atoms with Gasteiger partial charge in [-0.05, 0) is 18.9 Å². The van der Waals surface area contributed by atoms with E-state index in [2.05, 4.69) is 29.8 Å². The molecule has 0 spiro atoms. The summed E-state index contributed by atoms with van der Waals surface area (Å²) >= 11 is 0. The van der Waals surface area contributed by atoms with Gasteiger partial charge in [-0.15, -0.1) is 6.58 Å². The van der Waals surface area contributed by atoms with Crippen molar-refractivity contribution in [3.05, 3.63) is 30.1 Å². The molecule has 72 valence electrons. The predicted octanol–water partition coefficient (Wildman–Crippen LogP) is 2.87. The van der Waals surface area contributed by atoms with Crippen LogP contribution in [-0.2, 0) is 12.8 Å². The fourth-order valence-corrected chi connectivity index (χ4v) is 1.36. The number of rotatable bonds is 6. The molecule has 0 radical (unpaired) electrons. The van der Waals surface area contributed by atoms with Gasteiger partial charge in [0.1, 0.15) is 0 Å². The third-order valence-corrected chi connectivity index (χ3v) is 2.09. The van der Waals surface area contributed by atoms with Gasteiger partial charge < -0.3 is 0 Å².